The van der Waals surface area contributed by atoms with Crippen LogP contribution < -0.4 is 0 Å². The summed E-state index contributed by atoms with van der Waals surface area (Å²) in [5, 5.41) is 0. The fourth-order valence-corrected chi connectivity index (χ4v) is 5.61. The lowest BCUT2D eigenvalue weighted by molar-refractivity contribution is -0.167. The Bertz CT molecular complexity index is 1430. The fourth-order valence-electron chi connectivity index (χ4n) is 5.61. The standard InChI is InChI=1S/C55H82O6/c1-4-7-10-13-16-19-21-23-25-26-27-28-30-31-33-36-39-42-45-48-54(57)60-51-52(50-59-53(56)47-44-41-38-35-18-15-12-9-6-3)61-55(58)49-46-43-40-37-34-32-29-24-22-20-17-14-11-8-5-2/h7-8,10-11,13-14,16-17,19-31,33,35,38,52H,4-6,9,12,15,18,32,34,36-37,39-51H2,1-3H3/b10-7-,11-8-,16-13-,17-14-,21-19-,22-20-,25-23-,27-26+,29-24-,30-28-,33-31-,38-35-. The van der Waals surface area contributed by atoms with E-state index in [0.717, 1.165) is 83.5 Å². The summed E-state index contributed by atoms with van der Waals surface area (Å²) in [6.07, 6.45) is 68.3. The molecule has 0 spiro atoms. The van der Waals surface area contributed by atoms with Crippen LogP contribution >= 0.6 is 0 Å². The van der Waals surface area contributed by atoms with Crippen LogP contribution in [-0.2, 0) is 28.6 Å². The molecule has 61 heavy (non-hydrogen) atoms. The zero-order valence-electron chi connectivity index (χ0n) is 38.4. The average molecular weight is 839 g/mol. The molecule has 0 N–H and O–H groups in total. The molecule has 0 aliphatic rings. The molecule has 0 saturated heterocycles. The van der Waals surface area contributed by atoms with Gasteiger partial charge in [0.1, 0.15) is 13.2 Å². The second kappa shape index (κ2) is 48.0. The Labute approximate surface area is 372 Å². The molecule has 6 nitrogen and oxygen atoms in total. The molecule has 338 valence electrons. The maximum absolute atomic E-state index is 12.7. The van der Waals surface area contributed by atoms with Crippen molar-refractivity contribution in [3.63, 3.8) is 0 Å². The number of esters is 3. The molecule has 0 radical (unpaired) electrons. The highest BCUT2D eigenvalue weighted by molar-refractivity contribution is 5.71. The molecule has 0 aromatic carbocycles. The molecular weight excluding hydrogens is 757 g/mol. The van der Waals surface area contributed by atoms with Gasteiger partial charge in [-0.15, -0.1) is 0 Å². The molecule has 6 heteroatoms. The highest BCUT2D eigenvalue weighted by Crippen LogP contribution is 2.11. The second-order valence-corrected chi connectivity index (χ2v) is 14.8. The van der Waals surface area contributed by atoms with Crippen LogP contribution in [0.1, 0.15) is 162 Å². The molecule has 0 heterocycles. The number of hydrogen-bond acceptors (Lipinski definition) is 6. The van der Waals surface area contributed by atoms with E-state index in [2.05, 4.69) is 69.4 Å². The molecule has 0 aliphatic heterocycles. The highest BCUT2D eigenvalue weighted by atomic mass is 16.6. The summed E-state index contributed by atoms with van der Waals surface area (Å²) in [7, 11) is 0. The van der Waals surface area contributed by atoms with Crippen LogP contribution in [0.4, 0.5) is 0 Å². The van der Waals surface area contributed by atoms with Crippen molar-refractivity contribution in [1.82, 2.24) is 0 Å². The van der Waals surface area contributed by atoms with Crippen molar-refractivity contribution in [2.75, 3.05) is 13.2 Å². The van der Waals surface area contributed by atoms with Gasteiger partial charge in [0, 0.05) is 19.3 Å². The normalized spacial score (nSPS) is 13.4. The Morgan fingerprint density at radius 2 is 0.672 bits per heavy atom. The fraction of sp³-hybridized carbons (Fsp3) is 0.509. The Hall–Kier alpha value is -4.71. The minimum Gasteiger partial charge on any atom is -0.462 e. The number of rotatable bonds is 39. The molecule has 0 aliphatic carbocycles. The first-order chi connectivity index (χ1) is 30.0. The maximum atomic E-state index is 12.7. The van der Waals surface area contributed by atoms with E-state index in [1.807, 2.05) is 97.2 Å². The van der Waals surface area contributed by atoms with Gasteiger partial charge in [0.05, 0.1) is 0 Å². The number of carbonyl (C=O) groups is 3. The summed E-state index contributed by atoms with van der Waals surface area (Å²) in [5.41, 5.74) is 0. The summed E-state index contributed by atoms with van der Waals surface area (Å²) >= 11 is 0. The van der Waals surface area contributed by atoms with E-state index in [0.29, 0.717) is 12.8 Å². The van der Waals surface area contributed by atoms with Gasteiger partial charge in [0.15, 0.2) is 6.10 Å². The van der Waals surface area contributed by atoms with Crippen molar-refractivity contribution >= 4 is 17.9 Å². The van der Waals surface area contributed by atoms with Crippen LogP contribution in [0.15, 0.2) is 146 Å². The van der Waals surface area contributed by atoms with Gasteiger partial charge in [-0.1, -0.05) is 212 Å². The van der Waals surface area contributed by atoms with E-state index < -0.39 is 6.10 Å². The van der Waals surface area contributed by atoms with E-state index in [4.69, 9.17) is 14.2 Å². The van der Waals surface area contributed by atoms with Crippen molar-refractivity contribution < 1.29 is 28.6 Å². The van der Waals surface area contributed by atoms with Crippen molar-refractivity contribution in [2.45, 2.75) is 168 Å². The largest absolute Gasteiger partial charge is 0.462 e. The Kier molecular flexibility index (Phi) is 44.3. The third-order valence-electron chi connectivity index (χ3n) is 9.10. The quantitative estimate of drug-likeness (QED) is 0.0202. The predicted molar refractivity (Wildman–Crippen MR) is 260 cm³/mol. The second-order valence-electron chi connectivity index (χ2n) is 14.8. The molecule has 0 aromatic heterocycles. The molecule has 0 bridgehead atoms. The van der Waals surface area contributed by atoms with E-state index in [1.54, 1.807) is 0 Å². The number of unbranched alkanes of at least 4 members (excludes halogenated alkanes) is 13. The van der Waals surface area contributed by atoms with Gasteiger partial charge >= 0.3 is 17.9 Å². The van der Waals surface area contributed by atoms with Gasteiger partial charge in [-0.2, -0.15) is 0 Å². The molecular formula is C55H82O6. The molecule has 0 amide bonds. The summed E-state index contributed by atoms with van der Waals surface area (Å²) in [6, 6.07) is 0. The predicted octanol–water partition coefficient (Wildman–Crippen LogP) is 15.3. The lowest BCUT2D eigenvalue weighted by Crippen LogP contribution is -2.30. The zero-order valence-corrected chi connectivity index (χ0v) is 38.4. The van der Waals surface area contributed by atoms with Gasteiger partial charge in [0.25, 0.3) is 0 Å². The minimum absolute atomic E-state index is 0.125. The number of ether oxygens (including phenoxy) is 3. The van der Waals surface area contributed by atoms with Crippen molar-refractivity contribution in [3.05, 3.63) is 146 Å². The van der Waals surface area contributed by atoms with E-state index in [9.17, 15) is 14.4 Å². The number of allylic oxidation sites excluding steroid dienone is 24. The maximum Gasteiger partial charge on any atom is 0.306 e. The van der Waals surface area contributed by atoms with Crippen LogP contribution in [-0.4, -0.2) is 37.2 Å². The monoisotopic (exact) mass is 839 g/mol. The summed E-state index contributed by atoms with van der Waals surface area (Å²) in [4.78, 5) is 37.8. The smallest absolute Gasteiger partial charge is 0.306 e. The van der Waals surface area contributed by atoms with Crippen LogP contribution in [0, 0.1) is 0 Å². The first kappa shape index (κ1) is 56.3. The molecule has 0 saturated carbocycles. The first-order valence-electron chi connectivity index (χ1n) is 23.5. The van der Waals surface area contributed by atoms with Gasteiger partial charge in [-0.25, -0.2) is 0 Å². The van der Waals surface area contributed by atoms with E-state index in [1.165, 1.54) is 25.7 Å². The lowest BCUT2D eigenvalue weighted by atomic mass is 10.1. The van der Waals surface area contributed by atoms with Gasteiger partial charge in [0.2, 0.25) is 0 Å². The Balaban J connectivity index is 4.56. The van der Waals surface area contributed by atoms with Crippen LogP contribution in [0.2, 0.25) is 0 Å². The molecule has 0 rings (SSSR count). The molecule has 1 unspecified atom stereocenters. The summed E-state index contributed by atoms with van der Waals surface area (Å²) in [6.45, 7) is 6.19. The minimum atomic E-state index is -0.825. The highest BCUT2D eigenvalue weighted by Gasteiger charge is 2.19. The molecule has 0 aromatic rings. The SMILES string of the molecule is CC\C=C/C=C\C=C/C=C\C=C\C=C/C=C\CCCCCC(=O)OCC(COC(=O)CCC/C=C\CCCCCC)OC(=O)CCCCCCC\C=C/C=C\C=C/C=C\CC. The van der Waals surface area contributed by atoms with Crippen LogP contribution in [0.5, 0.6) is 0 Å². The van der Waals surface area contributed by atoms with E-state index >= 15 is 0 Å². The third kappa shape index (κ3) is 46.2. The lowest BCUT2D eigenvalue weighted by Gasteiger charge is -2.18. The topological polar surface area (TPSA) is 78.9 Å². The van der Waals surface area contributed by atoms with Crippen molar-refractivity contribution in [3.8, 4) is 0 Å². The number of hydrogen-bond donors (Lipinski definition) is 0. The molecule has 0 fully saturated rings. The van der Waals surface area contributed by atoms with Crippen molar-refractivity contribution in [1.29, 1.82) is 0 Å². The first-order valence-corrected chi connectivity index (χ1v) is 23.5. The van der Waals surface area contributed by atoms with E-state index in [-0.39, 0.29) is 50.4 Å². The van der Waals surface area contributed by atoms with Crippen LogP contribution in [0.3, 0.4) is 0 Å². The Morgan fingerprint density at radius 1 is 0.344 bits per heavy atom. The Morgan fingerprint density at radius 3 is 1.13 bits per heavy atom. The van der Waals surface area contributed by atoms with Gasteiger partial charge < -0.3 is 14.2 Å². The van der Waals surface area contributed by atoms with Crippen molar-refractivity contribution in [2.24, 2.45) is 0 Å². The third-order valence-corrected chi connectivity index (χ3v) is 9.10. The number of carbonyl (C=O) groups excluding carboxylic acids is 3. The summed E-state index contributed by atoms with van der Waals surface area (Å²) < 4.78 is 16.6. The summed E-state index contributed by atoms with van der Waals surface area (Å²) in [5.74, 6) is -1.04. The van der Waals surface area contributed by atoms with Gasteiger partial charge in [-0.05, 0) is 77.0 Å². The van der Waals surface area contributed by atoms with Crippen LogP contribution in [0.25, 0.3) is 0 Å². The average Bonchev–Trinajstić information content (AvgIpc) is 3.26. The zero-order chi connectivity index (χ0) is 44.4. The van der Waals surface area contributed by atoms with Gasteiger partial charge in [-0.3, -0.25) is 14.4 Å². The molecule has 1 atom stereocenters.